The minimum absolute atomic E-state index is 0.704. The van der Waals surface area contributed by atoms with Gasteiger partial charge in [0.25, 0.3) is 0 Å². The van der Waals surface area contributed by atoms with E-state index in [1.807, 2.05) is 0 Å². The monoisotopic (exact) mass is 582 g/mol. The van der Waals surface area contributed by atoms with E-state index in [1.54, 1.807) is 0 Å². The van der Waals surface area contributed by atoms with E-state index in [1.165, 1.54) is 76.3 Å². The van der Waals surface area contributed by atoms with Gasteiger partial charge in [0.2, 0.25) is 5.95 Å². The normalized spacial score (nSPS) is 12.8. The van der Waals surface area contributed by atoms with Gasteiger partial charge in [-0.15, -0.1) is 0 Å². The van der Waals surface area contributed by atoms with Crippen LogP contribution in [0.25, 0.3) is 110 Å². The number of aromatic nitrogens is 4. The summed E-state index contributed by atoms with van der Waals surface area (Å²) in [5.41, 5.74) is 11.6. The quantitative estimate of drug-likeness (QED) is 0.193. The molecule has 0 saturated heterocycles. The Hall–Kier alpha value is -6.26. The summed E-state index contributed by atoms with van der Waals surface area (Å²) in [7, 11) is 0. The largest absolute Gasteiger partial charge is 0.308 e. The summed E-state index contributed by atoms with van der Waals surface area (Å²) in [4.78, 5) is 10.8. The van der Waals surface area contributed by atoms with Crippen molar-refractivity contribution >= 4 is 81.6 Å². The lowest BCUT2D eigenvalue weighted by Gasteiger charge is -2.10. The standard InChI is InChI=1S/C42H22N4/c1-2-11-24-21-36-32(20-23(24)10-1)38-40-30(26-13-5-7-18-34(26)45(36)40)22-31-27-14-6-8-19-35(27)46(41(31)38)42-43-33-17-9-16-28-25-12-3-4-15-29(25)39(44-42)37(28)33/h1-22H. The number of nitrogens with zero attached hydrogens (tertiary/aromatic N) is 4. The summed E-state index contributed by atoms with van der Waals surface area (Å²) in [5.74, 6) is 0.704. The Balaban J connectivity index is 1.35. The number of hydrogen-bond donors (Lipinski definition) is 0. The fraction of sp³-hybridized carbons (Fsp3) is 0. The third-order valence-corrected chi connectivity index (χ3v) is 10.3. The topological polar surface area (TPSA) is 35.1 Å². The van der Waals surface area contributed by atoms with Crippen LogP contribution in [-0.4, -0.2) is 18.9 Å². The first-order valence-electron chi connectivity index (χ1n) is 15.8. The van der Waals surface area contributed by atoms with E-state index in [4.69, 9.17) is 9.97 Å². The lowest BCUT2D eigenvalue weighted by atomic mass is 10.0. The molecule has 11 aromatic rings. The van der Waals surface area contributed by atoms with Crippen molar-refractivity contribution in [1.82, 2.24) is 18.9 Å². The molecule has 46 heavy (non-hydrogen) atoms. The molecule has 4 aromatic heterocycles. The van der Waals surface area contributed by atoms with Crippen molar-refractivity contribution in [3.63, 3.8) is 0 Å². The molecule has 1 aliphatic carbocycles. The van der Waals surface area contributed by atoms with Crippen LogP contribution in [0.2, 0.25) is 0 Å². The highest BCUT2D eigenvalue weighted by atomic mass is 15.2. The van der Waals surface area contributed by atoms with E-state index in [0.717, 1.165) is 27.6 Å². The van der Waals surface area contributed by atoms with Gasteiger partial charge in [-0.05, 0) is 58.3 Å². The van der Waals surface area contributed by atoms with E-state index < -0.39 is 0 Å². The average Bonchev–Trinajstić information content (AvgIpc) is 3.82. The van der Waals surface area contributed by atoms with Crippen LogP contribution in [0.5, 0.6) is 0 Å². The highest BCUT2D eigenvalue weighted by Gasteiger charge is 2.28. The minimum Gasteiger partial charge on any atom is -0.308 e. The first kappa shape index (κ1) is 23.2. The van der Waals surface area contributed by atoms with Crippen LogP contribution in [0.15, 0.2) is 133 Å². The summed E-state index contributed by atoms with van der Waals surface area (Å²) in [6.07, 6.45) is 0. The van der Waals surface area contributed by atoms with Crippen LogP contribution in [0.1, 0.15) is 0 Å². The number of benzene rings is 7. The smallest absolute Gasteiger partial charge is 0.235 e. The predicted octanol–water partition coefficient (Wildman–Crippen LogP) is 10.7. The second-order valence-electron chi connectivity index (χ2n) is 12.6. The van der Waals surface area contributed by atoms with E-state index in [-0.39, 0.29) is 0 Å². The molecule has 0 N–H and O–H groups in total. The summed E-state index contributed by atoms with van der Waals surface area (Å²) < 4.78 is 4.81. The molecule has 7 aromatic carbocycles. The summed E-state index contributed by atoms with van der Waals surface area (Å²) in [5, 5.41) is 11.1. The lowest BCUT2D eigenvalue weighted by molar-refractivity contribution is 1.02. The molecule has 0 aliphatic heterocycles. The third-order valence-electron chi connectivity index (χ3n) is 10.3. The molecule has 4 heterocycles. The van der Waals surface area contributed by atoms with E-state index >= 15 is 0 Å². The maximum atomic E-state index is 5.42. The van der Waals surface area contributed by atoms with E-state index in [9.17, 15) is 0 Å². The van der Waals surface area contributed by atoms with Gasteiger partial charge in [0, 0.05) is 43.3 Å². The maximum Gasteiger partial charge on any atom is 0.235 e. The number of hydrogen-bond acceptors (Lipinski definition) is 2. The van der Waals surface area contributed by atoms with Gasteiger partial charge in [0.15, 0.2) is 0 Å². The Morgan fingerprint density at radius 1 is 0.413 bits per heavy atom. The minimum atomic E-state index is 0.704. The van der Waals surface area contributed by atoms with Gasteiger partial charge in [-0.3, -0.25) is 4.57 Å². The molecule has 4 nitrogen and oxygen atoms in total. The first-order valence-corrected chi connectivity index (χ1v) is 15.8. The van der Waals surface area contributed by atoms with Gasteiger partial charge in [-0.1, -0.05) is 97.1 Å². The van der Waals surface area contributed by atoms with Gasteiger partial charge < -0.3 is 4.40 Å². The Kier molecular flexibility index (Phi) is 3.96. The van der Waals surface area contributed by atoms with Gasteiger partial charge in [-0.25, -0.2) is 9.97 Å². The summed E-state index contributed by atoms with van der Waals surface area (Å²) in [6.45, 7) is 0. The molecule has 0 saturated carbocycles. The van der Waals surface area contributed by atoms with Crippen LogP contribution < -0.4 is 0 Å². The van der Waals surface area contributed by atoms with Gasteiger partial charge in [0.05, 0.1) is 38.8 Å². The molecule has 0 unspecified atom stereocenters. The summed E-state index contributed by atoms with van der Waals surface area (Å²) >= 11 is 0. The third kappa shape index (κ3) is 2.61. The first-order chi connectivity index (χ1) is 22.8. The zero-order chi connectivity index (χ0) is 29.7. The van der Waals surface area contributed by atoms with Crippen molar-refractivity contribution < 1.29 is 0 Å². The second-order valence-corrected chi connectivity index (χ2v) is 12.6. The van der Waals surface area contributed by atoms with Crippen molar-refractivity contribution in [1.29, 1.82) is 0 Å². The Labute approximate surface area is 261 Å². The molecule has 0 amide bonds. The van der Waals surface area contributed by atoms with Crippen LogP contribution in [0.4, 0.5) is 0 Å². The van der Waals surface area contributed by atoms with Crippen molar-refractivity contribution in [2.45, 2.75) is 0 Å². The molecule has 0 spiro atoms. The lowest BCUT2D eigenvalue weighted by Crippen LogP contribution is -2.02. The molecule has 0 atom stereocenters. The Bertz CT molecular complexity index is 3140. The maximum absolute atomic E-state index is 5.42. The number of rotatable bonds is 1. The molecule has 210 valence electrons. The highest BCUT2D eigenvalue weighted by Crippen LogP contribution is 2.49. The summed E-state index contributed by atoms with van der Waals surface area (Å²) in [6, 6.07) is 48.4. The molecule has 1 aliphatic rings. The highest BCUT2D eigenvalue weighted by molar-refractivity contribution is 6.35. The second kappa shape index (κ2) is 7.87. The van der Waals surface area contributed by atoms with Crippen molar-refractivity contribution in [3.8, 4) is 28.3 Å². The zero-order valence-electron chi connectivity index (χ0n) is 24.5. The van der Waals surface area contributed by atoms with Gasteiger partial charge in [-0.2, -0.15) is 0 Å². The van der Waals surface area contributed by atoms with Crippen molar-refractivity contribution in [2.24, 2.45) is 0 Å². The molecule has 0 radical (unpaired) electrons. The van der Waals surface area contributed by atoms with Gasteiger partial charge >= 0.3 is 0 Å². The number of fused-ring (bicyclic) bond motifs is 14. The molecule has 0 bridgehead atoms. The fourth-order valence-corrected chi connectivity index (χ4v) is 8.51. The van der Waals surface area contributed by atoms with Crippen molar-refractivity contribution in [3.05, 3.63) is 133 Å². The molecule has 12 rings (SSSR count). The van der Waals surface area contributed by atoms with E-state index in [0.29, 0.717) is 5.95 Å². The van der Waals surface area contributed by atoms with Crippen LogP contribution >= 0.6 is 0 Å². The van der Waals surface area contributed by atoms with Crippen LogP contribution in [0.3, 0.4) is 0 Å². The number of para-hydroxylation sites is 2. The van der Waals surface area contributed by atoms with E-state index in [2.05, 4.69) is 142 Å². The van der Waals surface area contributed by atoms with Crippen LogP contribution in [-0.2, 0) is 0 Å². The molecular weight excluding hydrogens is 560 g/mol. The molecule has 0 fully saturated rings. The average molecular weight is 583 g/mol. The molecule has 4 heteroatoms. The Morgan fingerprint density at radius 3 is 1.96 bits per heavy atom. The van der Waals surface area contributed by atoms with Crippen LogP contribution in [0, 0.1) is 0 Å². The molecular formula is C42H22N4. The Morgan fingerprint density at radius 2 is 1.09 bits per heavy atom. The fourth-order valence-electron chi connectivity index (χ4n) is 8.51. The SMILES string of the molecule is c1ccc2c(c1)-c1cccc3nc(-n4c5ccccc5c5cc6c7ccccc7n7c8cc9ccccc9cc8c(c54)c67)nc-2c13. The zero-order valence-corrected chi connectivity index (χ0v) is 24.5. The van der Waals surface area contributed by atoms with Gasteiger partial charge in [0.1, 0.15) is 0 Å². The predicted molar refractivity (Wildman–Crippen MR) is 190 cm³/mol. The van der Waals surface area contributed by atoms with Crippen molar-refractivity contribution in [2.75, 3.05) is 0 Å².